The topological polar surface area (TPSA) is 79.0 Å². The molecule has 1 N–H and O–H groups in total. The van der Waals surface area contributed by atoms with Crippen LogP contribution in [-0.2, 0) is 19.1 Å². The van der Waals surface area contributed by atoms with Gasteiger partial charge in [0.05, 0.1) is 18.9 Å². The monoisotopic (exact) mass is 359 g/mol. The van der Waals surface area contributed by atoms with Crippen LogP contribution in [-0.4, -0.2) is 56.5 Å². The molecule has 0 spiro atoms. The SMILES string of the molecule is CC[C@@]1(C(=O)OC)N[C@@H](c2ccc(N(C)C)cc2)[C@H]2C(=O)N(C)C(=O)[C@@H]21. The van der Waals surface area contributed by atoms with Crippen molar-refractivity contribution >= 4 is 23.5 Å². The molecular weight excluding hydrogens is 334 g/mol. The predicted octanol–water partition coefficient (Wildman–Crippen LogP) is 0.950. The minimum Gasteiger partial charge on any atom is -0.468 e. The number of esters is 1. The van der Waals surface area contributed by atoms with Crippen LogP contribution in [0, 0.1) is 11.8 Å². The average molecular weight is 359 g/mol. The van der Waals surface area contributed by atoms with E-state index in [0.29, 0.717) is 6.42 Å². The highest BCUT2D eigenvalue weighted by Gasteiger charge is 2.67. The number of nitrogens with one attached hydrogen (secondary N) is 1. The summed E-state index contributed by atoms with van der Waals surface area (Å²) >= 11 is 0. The number of benzene rings is 1. The molecule has 1 aromatic carbocycles. The second-order valence-electron chi connectivity index (χ2n) is 7.16. The fourth-order valence-corrected chi connectivity index (χ4v) is 4.25. The van der Waals surface area contributed by atoms with Gasteiger partial charge < -0.3 is 9.64 Å². The van der Waals surface area contributed by atoms with E-state index >= 15 is 0 Å². The molecule has 0 aromatic heterocycles. The van der Waals surface area contributed by atoms with Gasteiger partial charge in [-0.1, -0.05) is 19.1 Å². The zero-order valence-electron chi connectivity index (χ0n) is 15.8. The summed E-state index contributed by atoms with van der Waals surface area (Å²) in [5.74, 6) is -2.45. The number of rotatable bonds is 4. The van der Waals surface area contributed by atoms with Crippen LogP contribution in [0.4, 0.5) is 5.69 Å². The molecular formula is C19H25N3O4. The van der Waals surface area contributed by atoms with Crippen molar-refractivity contribution in [1.82, 2.24) is 10.2 Å². The summed E-state index contributed by atoms with van der Waals surface area (Å²) in [6, 6.07) is 7.37. The molecule has 0 radical (unpaired) electrons. The van der Waals surface area contributed by atoms with E-state index in [1.54, 1.807) is 0 Å². The maximum absolute atomic E-state index is 12.8. The van der Waals surface area contributed by atoms with Gasteiger partial charge in [0.15, 0.2) is 0 Å². The fraction of sp³-hybridized carbons (Fsp3) is 0.526. The minimum absolute atomic E-state index is 0.256. The molecule has 3 rings (SSSR count). The summed E-state index contributed by atoms with van der Waals surface area (Å²) in [5, 5.41) is 3.30. The predicted molar refractivity (Wildman–Crippen MR) is 96.4 cm³/mol. The van der Waals surface area contributed by atoms with E-state index in [1.807, 2.05) is 50.2 Å². The highest BCUT2D eigenvalue weighted by atomic mass is 16.5. The van der Waals surface area contributed by atoms with Gasteiger partial charge in [-0.3, -0.25) is 24.6 Å². The molecule has 7 nitrogen and oxygen atoms in total. The zero-order chi connectivity index (χ0) is 19.2. The van der Waals surface area contributed by atoms with Gasteiger partial charge in [-0.15, -0.1) is 0 Å². The van der Waals surface area contributed by atoms with Gasteiger partial charge in [-0.25, -0.2) is 0 Å². The van der Waals surface area contributed by atoms with Crippen LogP contribution in [0.25, 0.3) is 0 Å². The van der Waals surface area contributed by atoms with E-state index in [1.165, 1.54) is 14.2 Å². The third kappa shape index (κ3) is 2.41. The van der Waals surface area contributed by atoms with E-state index < -0.39 is 29.4 Å². The molecule has 2 aliphatic rings. The molecule has 2 fully saturated rings. The maximum Gasteiger partial charge on any atom is 0.326 e. The lowest BCUT2D eigenvalue weighted by atomic mass is 9.78. The normalized spacial score (nSPS) is 30.5. The van der Waals surface area contributed by atoms with Gasteiger partial charge in [0.1, 0.15) is 5.54 Å². The Labute approximate surface area is 153 Å². The van der Waals surface area contributed by atoms with Crippen LogP contribution < -0.4 is 10.2 Å². The molecule has 2 amide bonds. The summed E-state index contributed by atoms with van der Waals surface area (Å²) in [4.78, 5) is 41.3. The molecule has 2 heterocycles. The average Bonchev–Trinajstić information content (AvgIpc) is 3.11. The maximum atomic E-state index is 12.8. The third-order valence-corrected chi connectivity index (χ3v) is 5.75. The van der Waals surface area contributed by atoms with Crippen molar-refractivity contribution < 1.29 is 19.1 Å². The lowest BCUT2D eigenvalue weighted by Gasteiger charge is -2.30. The number of methoxy groups -OCH3 is 1. The van der Waals surface area contributed by atoms with Crippen molar-refractivity contribution in [3.8, 4) is 0 Å². The first-order valence-corrected chi connectivity index (χ1v) is 8.73. The quantitative estimate of drug-likeness (QED) is 0.637. The Balaban J connectivity index is 2.08. The molecule has 0 unspecified atom stereocenters. The summed E-state index contributed by atoms with van der Waals surface area (Å²) < 4.78 is 5.00. The van der Waals surface area contributed by atoms with Crippen molar-refractivity contribution in [1.29, 1.82) is 0 Å². The molecule has 140 valence electrons. The lowest BCUT2D eigenvalue weighted by molar-refractivity contribution is -0.154. The number of carbonyl (C=O) groups is 3. The molecule has 26 heavy (non-hydrogen) atoms. The van der Waals surface area contributed by atoms with Crippen LogP contribution in [0.5, 0.6) is 0 Å². The van der Waals surface area contributed by atoms with Crippen LogP contribution in [0.15, 0.2) is 24.3 Å². The van der Waals surface area contributed by atoms with E-state index in [-0.39, 0.29) is 11.8 Å². The van der Waals surface area contributed by atoms with Crippen LogP contribution in [0.1, 0.15) is 24.9 Å². The first kappa shape index (κ1) is 18.4. The van der Waals surface area contributed by atoms with E-state index in [9.17, 15) is 14.4 Å². The first-order valence-electron chi connectivity index (χ1n) is 8.73. The number of nitrogens with zero attached hydrogens (tertiary/aromatic N) is 2. The summed E-state index contributed by atoms with van der Waals surface area (Å²) in [6.45, 7) is 1.83. The van der Waals surface area contributed by atoms with E-state index in [0.717, 1.165) is 16.2 Å². The van der Waals surface area contributed by atoms with Gasteiger partial charge >= 0.3 is 5.97 Å². The number of fused-ring (bicyclic) bond motifs is 1. The van der Waals surface area contributed by atoms with E-state index in [2.05, 4.69) is 5.32 Å². The lowest BCUT2D eigenvalue weighted by Crippen LogP contribution is -2.55. The highest BCUT2D eigenvalue weighted by molar-refractivity contribution is 6.09. The second kappa shape index (κ2) is 6.39. The standard InChI is InChI=1S/C19H25N3O4/c1-6-19(18(25)26-5)14-13(16(23)22(4)17(14)24)15(20-19)11-7-9-12(10-8-11)21(2)3/h7-10,13-15,20H,6H2,1-5H3/t13-,14+,15-,19+/m0/s1. The summed E-state index contributed by atoms with van der Waals surface area (Å²) in [6.07, 6.45) is 0.361. The molecule has 4 atom stereocenters. The van der Waals surface area contributed by atoms with Crippen molar-refractivity contribution in [2.75, 3.05) is 33.2 Å². The second-order valence-corrected chi connectivity index (χ2v) is 7.16. The third-order valence-electron chi connectivity index (χ3n) is 5.75. The number of likely N-dealkylation sites (tertiary alicyclic amines) is 1. The molecule has 0 aliphatic carbocycles. The Morgan fingerprint density at radius 3 is 2.35 bits per heavy atom. The van der Waals surface area contributed by atoms with Crippen molar-refractivity contribution in [3.63, 3.8) is 0 Å². The summed E-state index contributed by atoms with van der Waals surface area (Å²) in [5.41, 5.74) is 0.715. The van der Waals surface area contributed by atoms with Crippen molar-refractivity contribution in [3.05, 3.63) is 29.8 Å². The van der Waals surface area contributed by atoms with E-state index in [4.69, 9.17) is 4.74 Å². The smallest absolute Gasteiger partial charge is 0.326 e. The van der Waals surface area contributed by atoms with Gasteiger partial charge in [-0.2, -0.15) is 0 Å². The molecule has 2 saturated heterocycles. The number of hydrogen-bond donors (Lipinski definition) is 1. The Morgan fingerprint density at radius 2 is 1.85 bits per heavy atom. The Hall–Kier alpha value is -2.41. The molecule has 1 aromatic rings. The number of anilines is 1. The highest BCUT2D eigenvalue weighted by Crippen LogP contribution is 2.50. The van der Waals surface area contributed by atoms with Gasteiger partial charge in [-0.05, 0) is 24.1 Å². The number of hydrogen-bond acceptors (Lipinski definition) is 6. The molecule has 2 aliphatic heterocycles. The Kier molecular flexibility index (Phi) is 4.52. The first-order chi connectivity index (χ1) is 12.3. The summed E-state index contributed by atoms with van der Waals surface area (Å²) in [7, 11) is 6.69. The number of amides is 2. The van der Waals surface area contributed by atoms with Crippen molar-refractivity contribution in [2.45, 2.75) is 24.9 Å². The van der Waals surface area contributed by atoms with Crippen LogP contribution in [0.3, 0.4) is 0 Å². The minimum atomic E-state index is -1.19. The number of carbonyl (C=O) groups excluding carboxylic acids is 3. The number of imide groups is 1. The van der Waals surface area contributed by atoms with Crippen LogP contribution in [0.2, 0.25) is 0 Å². The van der Waals surface area contributed by atoms with Crippen molar-refractivity contribution in [2.24, 2.45) is 11.8 Å². The molecule has 0 bridgehead atoms. The Morgan fingerprint density at radius 1 is 1.23 bits per heavy atom. The van der Waals surface area contributed by atoms with Gasteiger partial charge in [0.25, 0.3) is 0 Å². The molecule has 7 heteroatoms. The molecule has 0 saturated carbocycles. The van der Waals surface area contributed by atoms with Gasteiger partial charge in [0, 0.05) is 32.9 Å². The largest absolute Gasteiger partial charge is 0.468 e. The Bertz CT molecular complexity index is 746. The van der Waals surface area contributed by atoms with Crippen LogP contribution >= 0.6 is 0 Å². The fourth-order valence-electron chi connectivity index (χ4n) is 4.25. The zero-order valence-corrected chi connectivity index (χ0v) is 15.8. The number of ether oxygens (including phenoxy) is 1. The van der Waals surface area contributed by atoms with Gasteiger partial charge in [0.2, 0.25) is 11.8 Å².